The van der Waals surface area contributed by atoms with Crippen LogP contribution in [0.5, 0.6) is 0 Å². The number of allylic oxidation sites excluding steroid dienone is 2. The van der Waals surface area contributed by atoms with Crippen LogP contribution in [0.15, 0.2) is 12.2 Å². The van der Waals surface area contributed by atoms with Crippen LogP contribution in [-0.4, -0.2) is 23.1 Å². The summed E-state index contributed by atoms with van der Waals surface area (Å²) in [5.41, 5.74) is 0. The number of hydrogen-bond donors (Lipinski definition) is 1. The lowest BCUT2D eigenvalue weighted by Gasteiger charge is -1.97. The summed E-state index contributed by atoms with van der Waals surface area (Å²) in [5, 5.41) is 8.18. The number of carboxylic acid groups (broad SMARTS) is 1. The van der Waals surface area contributed by atoms with Crippen LogP contribution < -0.4 is 0 Å². The van der Waals surface area contributed by atoms with Gasteiger partial charge in [0.25, 0.3) is 0 Å². The minimum absolute atomic E-state index is 0.492. The Morgan fingerprint density at radius 2 is 2.00 bits per heavy atom. The molecule has 0 saturated carbocycles. The highest BCUT2D eigenvalue weighted by atomic mass is 16.4. The fraction of sp³-hybridized carbons (Fsp3) is 0.286. The van der Waals surface area contributed by atoms with Gasteiger partial charge in [0.15, 0.2) is 0 Å². The Labute approximate surface area is 63.5 Å². The van der Waals surface area contributed by atoms with Crippen LogP contribution in [-0.2, 0) is 14.4 Å². The van der Waals surface area contributed by atoms with E-state index < -0.39 is 17.7 Å². The van der Waals surface area contributed by atoms with Gasteiger partial charge >= 0.3 is 5.97 Å². The van der Waals surface area contributed by atoms with Gasteiger partial charge < -0.3 is 5.11 Å². The second kappa shape index (κ2) is 4.38. The summed E-state index contributed by atoms with van der Waals surface area (Å²) < 4.78 is 0. The molecule has 1 atom stereocenters. The third kappa shape index (κ3) is 3.30. The Hall–Kier alpha value is -1.45. The molecule has 0 rings (SSSR count). The van der Waals surface area contributed by atoms with E-state index in [1.165, 1.54) is 13.0 Å². The van der Waals surface area contributed by atoms with Crippen molar-refractivity contribution >= 4 is 18.0 Å². The smallest absolute Gasteiger partial charge is 0.372 e. The fourth-order valence-electron chi connectivity index (χ4n) is 0.494. The molecule has 1 unspecified atom stereocenters. The van der Waals surface area contributed by atoms with Crippen LogP contribution in [0.1, 0.15) is 6.92 Å². The van der Waals surface area contributed by atoms with E-state index in [9.17, 15) is 14.4 Å². The van der Waals surface area contributed by atoms with Gasteiger partial charge in [0.1, 0.15) is 6.29 Å². The predicted octanol–water partition coefficient (Wildman–Crippen LogP) is 0.0313. The SMILES string of the molecule is CC(C=CC=O)C(=O)C(=O)O. The fourth-order valence-corrected chi connectivity index (χ4v) is 0.494. The molecular formula is C7H8O4. The van der Waals surface area contributed by atoms with E-state index in [1.807, 2.05) is 0 Å². The number of aliphatic carboxylic acids is 1. The van der Waals surface area contributed by atoms with Crippen LogP contribution in [0.2, 0.25) is 0 Å². The Kier molecular flexibility index (Phi) is 3.80. The lowest BCUT2D eigenvalue weighted by Crippen LogP contribution is -2.19. The number of aldehydes is 1. The summed E-state index contributed by atoms with van der Waals surface area (Å²) >= 11 is 0. The van der Waals surface area contributed by atoms with Crippen LogP contribution in [0.25, 0.3) is 0 Å². The summed E-state index contributed by atoms with van der Waals surface area (Å²) in [6.45, 7) is 1.41. The molecule has 0 fully saturated rings. The summed E-state index contributed by atoms with van der Waals surface area (Å²) in [6, 6.07) is 0. The van der Waals surface area contributed by atoms with Gasteiger partial charge in [-0.2, -0.15) is 0 Å². The number of ketones is 1. The molecule has 4 heteroatoms. The first-order valence-corrected chi connectivity index (χ1v) is 2.98. The van der Waals surface area contributed by atoms with Crippen LogP contribution in [0, 0.1) is 5.92 Å². The van der Waals surface area contributed by atoms with Gasteiger partial charge in [-0.15, -0.1) is 0 Å². The molecule has 0 aliphatic heterocycles. The van der Waals surface area contributed by atoms with Crippen LogP contribution >= 0.6 is 0 Å². The maximum absolute atomic E-state index is 10.6. The monoisotopic (exact) mass is 156 g/mol. The first-order valence-electron chi connectivity index (χ1n) is 2.98. The summed E-state index contributed by atoms with van der Waals surface area (Å²) in [7, 11) is 0. The van der Waals surface area contributed by atoms with E-state index in [0.717, 1.165) is 6.08 Å². The maximum Gasteiger partial charge on any atom is 0.372 e. The third-order valence-electron chi connectivity index (χ3n) is 1.10. The molecule has 0 saturated heterocycles. The lowest BCUT2D eigenvalue weighted by molar-refractivity contribution is -0.150. The Balaban J connectivity index is 4.13. The second-order valence-electron chi connectivity index (χ2n) is 1.98. The minimum atomic E-state index is -1.48. The van der Waals surface area contributed by atoms with Crippen molar-refractivity contribution in [2.75, 3.05) is 0 Å². The molecule has 0 aliphatic carbocycles. The number of carboxylic acids is 1. The first-order chi connectivity index (χ1) is 5.09. The summed E-state index contributed by atoms with van der Waals surface area (Å²) in [4.78, 5) is 30.4. The van der Waals surface area contributed by atoms with Crippen molar-refractivity contribution in [1.29, 1.82) is 0 Å². The van der Waals surface area contributed by atoms with Gasteiger partial charge in [0.2, 0.25) is 5.78 Å². The van der Waals surface area contributed by atoms with Crippen molar-refractivity contribution in [3.8, 4) is 0 Å². The maximum atomic E-state index is 10.6. The highest BCUT2D eigenvalue weighted by Gasteiger charge is 2.16. The van der Waals surface area contributed by atoms with Gasteiger partial charge in [0, 0.05) is 5.92 Å². The standard InChI is InChI=1S/C7H8O4/c1-5(3-2-4-8)6(9)7(10)11/h2-5H,1H3,(H,10,11). The van der Waals surface area contributed by atoms with Gasteiger partial charge in [-0.25, -0.2) is 4.79 Å². The lowest BCUT2D eigenvalue weighted by atomic mass is 10.1. The van der Waals surface area contributed by atoms with E-state index in [2.05, 4.69) is 0 Å². The molecular weight excluding hydrogens is 148 g/mol. The Morgan fingerprint density at radius 1 is 1.45 bits per heavy atom. The number of carbonyl (C=O) groups is 3. The van der Waals surface area contributed by atoms with E-state index >= 15 is 0 Å². The number of carbonyl (C=O) groups excluding carboxylic acids is 2. The number of hydrogen-bond acceptors (Lipinski definition) is 3. The van der Waals surface area contributed by atoms with Crippen molar-refractivity contribution < 1.29 is 19.5 Å². The molecule has 0 bridgehead atoms. The third-order valence-corrected chi connectivity index (χ3v) is 1.10. The topological polar surface area (TPSA) is 71.4 Å². The molecule has 11 heavy (non-hydrogen) atoms. The van der Waals surface area contributed by atoms with Gasteiger partial charge in [0.05, 0.1) is 0 Å². The van der Waals surface area contributed by atoms with E-state index in [0.29, 0.717) is 6.29 Å². The number of Topliss-reactive ketones (excluding diaryl/α,β-unsaturated/α-hetero) is 1. The molecule has 0 spiro atoms. The van der Waals surface area contributed by atoms with Crippen molar-refractivity contribution in [2.24, 2.45) is 5.92 Å². The average molecular weight is 156 g/mol. The van der Waals surface area contributed by atoms with Crippen molar-refractivity contribution in [3.05, 3.63) is 12.2 Å². The zero-order valence-corrected chi connectivity index (χ0v) is 5.98. The predicted molar refractivity (Wildman–Crippen MR) is 37.0 cm³/mol. The molecule has 0 aromatic rings. The van der Waals surface area contributed by atoms with Gasteiger partial charge in [-0.3, -0.25) is 9.59 Å². The van der Waals surface area contributed by atoms with Crippen molar-refractivity contribution in [2.45, 2.75) is 6.92 Å². The quantitative estimate of drug-likeness (QED) is 0.354. The minimum Gasteiger partial charge on any atom is -0.475 e. The molecule has 1 N–H and O–H groups in total. The Bertz CT molecular complexity index is 204. The molecule has 60 valence electrons. The average Bonchev–Trinajstić information content (AvgIpc) is 1.98. The zero-order valence-electron chi connectivity index (χ0n) is 5.98. The molecule has 0 aliphatic rings. The molecule has 0 amide bonds. The first kappa shape index (κ1) is 9.55. The van der Waals surface area contributed by atoms with Gasteiger partial charge in [-0.05, 0) is 6.08 Å². The van der Waals surface area contributed by atoms with E-state index in [-0.39, 0.29) is 0 Å². The second-order valence-corrected chi connectivity index (χ2v) is 1.98. The summed E-state index contributed by atoms with van der Waals surface area (Å²) in [5.74, 6) is -3.13. The zero-order chi connectivity index (χ0) is 8.85. The van der Waals surface area contributed by atoms with Crippen LogP contribution in [0.4, 0.5) is 0 Å². The molecule has 0 aromatic carbocycles. The van der Waals surface area contributed by atoms with Crippen molar-refractivity contribution in [3.63, 3.8) is 0 Å². The molecule has 4 nitrogen and oxygen atoms in total. The van der Waals surface area contributed by atoms with Gasteiger partial charge in [-0.1, -0.05) is 13.0 Å². The van der Waals surface area contributed by atoms with Crippen molar-refractivity contribution in [1.82, 2.24) is 0 Å². The molecule has 0 aromatic heterocycles. The number of rotatable bonds is 4. The van der Waals surface area contributed by atoms with Crippen LogP contribution in [0.3, 0.4) is 0 Å². The highest BCUT2D eigenvalue weighted by molar-refractivity contribution is 6.33. The Morgan fingerprint density at radius 3 is 2.36 bits per heavy atom. The normalized spacial score (nSPS) is 12.8. The van der Waals surface area contributed by atoms with E-state index in [1.54, 1.807) is 0 Å². The molecule has 0 radical (unpaired) electrons. The largest absolute Gasteiger partial charge is 0.475 e. The molecule has 0 heterocycles. The highest BCUT2D eigenvalue weighted by Crippen LogP contribution is 1.97. The van der Waals surface area contributed by atoms with E-state index in [4.69, 9.17) is 5.11 Å². The summed E-state index contributed by atoms with van der Waals surface area (Å²) in [6.07, 6.45) is 2.83.